The van der Waals surface area contributed by atoms with Gasteiger partial charge >= 0.3 is 0 Å². The van der Waals surface area contributed by atoms with Crippen LogP contribution in [0.5, 0.6) is 0 Å². The number of nitrogens with zero attached hydrogens (tertiary/aromatic N) is 4. The van der Waals surface area contributed by atoms with Crippen molar-refractivity contribution in [2.24, 2.45) is 0 Å². The average Bonchev–Trinajstić information content (AvgIpc) is 3.29. The zero-order valence-electron chi connectivity index (χ0n) is 19.2. The first-order valence-electron chi connectivity index (χ1n) is 10.8. The molecule has 2 aromatic heterocycles. The molecule has 3 aromatic rings. The number of aryl methyl sites for hydroxylation is 1. The molecule has 32 heavy (non-hydrogen) atoms. The maximum atomic E-state index is 12.9. The predicted octanol–water partition coefficient (Wildman–Crippen LogP) is 3.98. The van der Waals surface area contributed by atoms with Crippen LogP contribution >= 0.6 is 0 Å². The summed E-state index contributed by atoms with van der Waals surface area (Å²) in [4.78, 5) is 35.7. The molecule has 8 nitrogen and oxygen atoms in total. The molecule has 1 N–H and O–H groups in total. The molecule has 0 saturated carbocycles. The Morgan fingerprint density at radius 2 is 1.81 bits per heavy atom. The minimum absolute atomic E-state index is 0.0887. The molecule has 0 aliphatic heterocycles. The van der Waals surface area contributed by atoms with Gasteiger partial charge in [-0.2, -0.15) is 0 Å². The number of carbonyl (C=O) groups is 2. The highest BCUT2D eigenvalue weighted by atomic mass is 16.5. The molecule has 0 aliphatic rings. The first-order valence-corrected chi connectivity index (χ1v) is 10.8. The van der Waals surface area contributed by atoms with Gasteiger partial charge in [-0.05, 0) is 32.3 Å². The van der Waals surface area contributed by atoms with Crippen molar-refractivity contribution in [1.82, 2.24) is 25.3 Å². The third-order valence-electron chi connectivity index (χ3n) is 5.21. The first-order chi connectivity index (χ1) is 15.3. The van der Waals surface area contributed by atoms with Gasteiger partial charge in [0, 0.05) is 37.5 Å². The predicted molar refractivity (Wildman–Crippen MR) is 121 cm³/mol. The lowest BCUT2D eigenvalue weighted by Crippen LogP contribution is -2.31. The molecule has 0 radical (unpaired) electrons. The normalized spacial score (nSPS) is 10.9. The van der Waals surface area contributed by atoms with E-state index in [1.807, 2.05) is 52.0 Å². The van der Waals surface area contributed by atoms with Crippen LogP contribution in [-0.2, 0) is 6.54 Å². The Hall–Kier alpha value is -3.55. The van der Waals surface area contributed by atoms with Crippen LogP contribution in [0.15, 0.2) is 41.1 Å². The van der Waals surface area contributed by atoms with Crippen molar-refractivity contribution in [1.29, 1.82) is 0 Å². The summed E-state index contributed by atoms with van der Waals surface area (Å²) in [6.07, 6.45) is 1.59. The molecule has 0 bridgehead atoms. The molecule has 0 fully saturated rings. The van der Waals surface area contributed by atoms with E-state index in [1.54, 1.807) is 24.1 Å². The lowest BCUT2D eigenvalue weighted by atomic mass is 10.0. The monoisotopic (exact) mass is 435 g/mol. The zero-order chi connectivity index (χ0) is 23.3. The first kappa shape index (κ1) is 23.1. The quantitative estimate of drug-likeness (QED) is 0.574. The van der Waals surface area contributed by atoms with Crippen molar-refractivity contribution in [2.75, 3.05) is 13.1 Å². The summed E-state index contributed by atoms with van der Waals surface area (Å²) in [6, 6.07) is 9.26. The molecule has 0 aliphatic carbocycles. The molecule has 2 heterocycles. The Morgan fingerprint density at radius 3 is 2.41 bits per heavy atom. The maximum Gasteiger partial charge on any atom is 0.290 e. The molecule has 0 atom stereocenters. The summed E-state index contributed by atoms with van der Waals surface area (Å²) in [5.74, 6) is 0.583. The largest absolute Gasteiger partial charge is 0.351 e. The summed E-state index contributed by atoms with van der Waals surface area (Å²) in [5, 5.41) is 6.75. The molecule has 8 heteroatoms. The van der Waals surface area contributed by atoms with Crippen LogP contribution < -0.4 is 5.32 Å². The van der Waals surface area contributed by atoms with Crippen LogP contribution in [-0.4, -0.2) is 44.9 Å². The van der Waals surface area contributed by atoms with E-state index in [-0.39, 0.29) is 23.5 Å². The molecular weight excluding hydrogens is 406 g/mol. The van der Waals surface area contributed by atoms with E-state index in [0.29, 0.717) is 36.7 Å². The van der Waals surface area contributed by atoms with Crippen LogP contribution in [0.3, 0.4) is 0 Å². The summed E-state index contributed by atoms with van der Waals surface area (Å²) in [7, 11) is 0. The van der Waals surface area contributed by atoms with Gasteiger partial charge in [0.25, 0.3) is 11.8 Å². The van der Waals surface area contributed by atoms with E-state index in [9.17, 15) is 9.59 Å². The third kappa shape index (κ3) is 5.19. The van der Waals surface area contributed by atoms with Crippen molar-refractivity contribution in [3.63, 3.8) is 0 Å². The van der Waals surface area contributed by atoms with Crippen LogP contribution in [0.25, 0.3) is 11.3 Å². The number of nitrogens with one attached hydrogen (secondary N) is 1. The van der Waals surface area contributed by atoms with Crippen LogP contribution in [0.2, 0.25) is 0 Å². The molecule has 2 amide bonds. The average molecular weight is 436 g/mol. The highest BCUT2D eigenvalue weighted by molar-refractivity contribution is 5.99. The summed E-state index contributed by atoms with van der Waals surface area (Å²) < 4.78 is 5.13. The van der Waals surface area contributed by atoms with Crippen LogP contribution in [0, 0.1) is 6.92 Å². The minimum atomic E-state index is -0.313. The lowest BCUT2D eigenvalue weighted by Gasteiger charge is -2.20. The molecule has 0 unspecified atom stereocenters. The van der Waals surface area contributed by atoms with Crippen molar-refractivity contribution in [3.05, 3.63) is 64.9 Å². The molecule has 1 aromatic carbocycles. The fourth-order valence-corrected chi connectivity index (χ4v) is 3.25. The number of hydrogen-bond donors (Lipinski definition) is 1. The van der Waals surface area contributed by atoms with E-state index in [2.05, 4.69) is 20.4 Å². The van der Waals surface area contributed by atoms with Crippen molar-refractivity contribution in [3.8, 4) is 11.3 Å². The Kier molecular flexibility index (Phi) is 7.35. The fraction of sp³-hybridized carbons (Fsp3) is 0.375. The van der Waals surface area contributed by atoms with Gasteiger partial charge in [-0.1, -0.05) is 43.3 Å². The second kappa shape index (κ2) is 10.2. The SMILES string of the molecule is CCN(CC)C(=O)c1cnc(C)nc1-c1ccc(CNC(=O)c2cc(C(C)C)no2)cc1. The summed E-state index contributed by atoms with van der Waals surface area (Å²) in [5.41, 5.74) is 3.56. The van der Waals surface area contributed by atoms with Gasteiger partial charge in [-0.15, -0.1) is 0 Å². The molecule has 0 saturated heterocycles. The number of rotatable bonds is 8. The molecular formula is C24H29N5O3. The van der Waals surface area contributed by atoms with Gasteiger partial charge in [0.05, 0.1) is 17.0 Å². The van der Waals surface area contributed by atoms with Gasteiger partial charge in [0.1, 0.15) is 5.82 Å². The lowest BCUT2D eigenvalue weighted by molar-refractivity contribution is 0.0772. The number of amides is 2. The van der Waals surface area contributed by atoms with Crippen molar-refractivity contribution >= 4 is 11.8 Å². The minimum Gasteiger partial charge on any atom is -0.351 e. The van der Waals surface area contributed by atoms with E-state index < -0.39 is 0 Å². The molecule has 0 spiro atoms. The second-order valence-electron chi connectivity index (χ2n) is 7.81. The van der Waals surface area contributed by atoms with Crippen LogP contribution in [0.1, 0.15) is 71.6 Å². The van der Waals surface area contributed by atoms with Crippen molar-refractivity contribution < 1.29 is 14.1 Å². The summed E-state index contributed by atoms with van der Waals surface area (Å²) >= 11 is 0. The number of aromatic nitrogens is 3. The van der Waals surface area contributed by atoms with Crippen LogP contribution in [0.4, 0.5) is 0 Å². The van der Waals surface area contributed by atoms with E-state index >= 15 is 0 Å². The molecule has 168 valence electrons. The maximum absolute atomic E-state index is 12.9. The van der Waals surface area contributed by atoms with Gasteiger partial charge in [0.15, 0.2) is 0 Å². The van der Waals surface area contributed by atoms with Gasteiger partial charge in [-0.3, -0.25) is 9.59 Å². The Morgan fingerprint density at radius 1 is 1.12 bits per heavy atom. The molecule has 3 rings (SSSR count). The fourth-order valence-electron chi connectivity index (χ4n) is 3.25. The standard InChI is InChI=1S/C24H29N5O3/c1-6-29(7-2)24(31)19-14-25-16(5)27-22(19)18-10-8-17(9-11-18)13-26-23(30)21-12-20(15(3)4)28-32-21/h8-12,14-15H,6-7,13H2,1-5H3,(H,26,30). The van der Waals surface area contributed by atoms with Gasteiger partial charge in [0.2, 0.25) is 5.76 Å². The summed E-state index contributed by atoms with van der Waals surface area (Å²) in [6.45, 7) is 11.2. The Balaban J connectivity index is 1.75. The zero-order valence-corrected chi connectivity index (χ0v) is 19.2. The van der Waals surface area contributed by atoms with E-state index in [0.717, 1.165) is 16.8 Å². The van der Waals surface area contributed by atoms with E-state index in [4.69, 9.17) is 4.52 Å². The van der Waals surface area contributed by atoms with Gasteiger partial charge in [-0.25, -0.2) is 9.97 Å². The topological polar surface area (TPSA) is 101 Å². The van der Waals surface area contributed by atoms with Gasteiger partial charge < -0.3 is 14.7 Å². The number of benzene rings is 1. The highest BCUT2D eigenvalue weighted by Gasteiger charge is 2.20. The Bertz CT molecular complexity index is 1090. The number of hydrogen-bond acceptors (Lipinski definition) is 6. The second-order valence-corrected chi connectivity index (χ2v) is 7.81. The highest BCUT2D eigenvalue weighted by Crippen LogP contribution is 2.23. The van der Waals surface area contributed by atoms with E-state index in [1.165, 1.54) is 0 Å². The Labute approximate surface area is 188 Å². The van der Waals surface area contributed by atoms with Crippen molar-refractivity contribution in [2.45, 2.75) is 47.1 Å². The third-order valence-corrected chi connectivity index (χ3v) is 5.21. The number of carbonyl (C=O) groups excluding carboxylic acids is 2. The smallest absolute Gasteiger partial charge is 0.290 e.